The summed E-state index contributed by atoms with van der Waals surface area (Å²) in [5.41, 5.74) is 4.09. The number of rotatable bonds is 1. The van der Waals surface area contributed by atoms with Crippen LogP contribution in [0.15, 0.2) is 12.1 Å². The minimum Gasteiger partial charge on any atom is -0.508 e. The molecule has 0 radical (unpaired) electrons. The first kappa shape index (κ1) is 16.4. The number of benzene rings is 1. The molecule has 0 saturated heterocycles. The predicted molar refractivity (Wildman–Crippen MR) is 97.3 cm³/mol. The molecule has 0 heterocycles. The van der Waals surface area contributed by atoms with Gasteiger partial charge in [0.05, 0.1) is 6.10 Å². The second-order valence-electron chi connectivity index (χ2n) is 9.59. The maximum absolute atomic E-state index is 11.0. The van der Waals surface area contributed by atoms with Crippen molar-refractivity contribution in [3.05, 3.63) is 28.8 Å². The lowest BCUT2D eigenvalue weighted by molar-refractivity contribution is -0.0465. The van der Waals surface area contributed by atoms with Crippen molar-refractivity contribution in [2.24, 2.45) is 22.7 Å². The first-order valence-corrected chi connectivity index (χ1v) is 9.80. The van der Waals surface area contributed by atoms with Gasteiger partial charge in [0, 0.05) is 0 Å². The van der Waals surface area contributed by atoms with Gasteiger partial charge >= 0.3 is 0 Å². The number of hydrogen-bond acceptors (Lipinski definition) is 2. The Morgan fingerprint density at radius 3 is 2.62 bits per heavy atom. The summed E-state index contributed by atoms with van der Waals surface area (Å²) in [6, 6.07) is 4.33. The molecule has 3 aliphatic carbocycles. The number of aliphatic hydroxyl groups excluding tert-OH is 1. The van der Waals surface area contributed by atoms with Crippen molar-refractivity contribution in [2.45, 2.75) is 78.2 Å². The average Bonchev–Trinajstić information content (AvgIpc) is 2.73. The number of fused-ring (bicyclic) bond motifs is 5. The Hall–Kier alpha value is -1.02. The number of phenols is 1. The van der Waals surface area contributed by atoms with Crippen LogP contribution in [-0.2, 0) is 12.8 Å². The summed E-state index contributed by atoms with van der Waals surface area (Å²) in [5, 5.41) is 21.2. The molecule has 2 saturated carbocycles. The van der Waals surface area contributed by atoms with E-state index in [1.807, 2.05) is 6.07 Å². The molecule has 1 aromatic carbocycles. The summed E-state index contributed by atoms with van der Waals surface area (Å²) in [6.07, 6.45) is 6.48. The number of aryl methyl sites for hydroxylation is 2. The summed E-state index contributed by atoms with van der Waals surface area (Å²) < 4.78 is 0. The molecule has 2 heteroatoms. The van der Waals surface area contributed by atoms with E-state index in [0.717, 1.165) is 31.2 Å². The Balaban J connectivity index is 1.73. The molecule has 0 spiro atoms. The maximum Gasteiger partial charge on any atom is 0.119 e. The third kappa shape index (κ3) is 2.11. The molecule has 0 aromatic heterocycles. The van der Waals surface area contributed by atoms with Crippen molar-refractivity contribution in [2.75, 3.05) is 0 Å². The van der Waals surface area contributed by atoms with Gasteiger partial charge in [-0.15, -0.1) is 0 Å². The highest BCUT2D eigenvalue weighted by Crippen LogP contribution is 2.65. The molecule has 0 bridgehead atoms. The molecular weight excluding hydrogens is 296 g/mol. The van der Waals surface area contributed by atoms with Gasteiger partial charge in [-0.25, -0.2) is 0 Å². The monoisotopic (exact) mass is 328 g/mol. The Labute approximate surface area is 146 Å². The highest BCUT2D eigenvalue weighted by Gasteiger charge is 2.60. The molecule has 0 aliphatic heterocycles. The number of phenolic OH excluding ortho intramolecular Hbond substituents is 1. The summed E-state index contributed by atoms with van der Waals surface area (Å²) in [7, 11) is 0. The topological polar surface area (TPSA) is 40.5 Å². The zero-order valence-electron chi connectivity index (χ0n) is 15.6. The van der Waals surface area contributed by atoms with Crippen LogP contribution in [0.2, 0.25) is 0 Å². The van der Waals surface area contributed by atoms with Gasteiger partial charge in [0.2, 0.25) is 0 Å². The Morgan fingerprint density at radius 1 is 1.17 bits per heavy atom. The Kier molecular flexibility index (Phi) is 3.59. The SMILES string of the molecule is CCc1cc2c(cc1O)CC[C@@H]1[C@@H]2CC[C@]2(C)[C@H](O)C(C)(C)C[C@@H]12. The van der Waals surface area contributed by atoms with E-state index in [2.05, 4.69) is 33.8 Å². The van der Waals surface area contributed by atoms with E-state index >= 15 is 0 Å². The van der Waals surface area contributed by atoms with Gasteiger partial charge < -0.3 is 10.2 Å². The zero-order valence-corrected chi connectivity index (χ0v) is 15.6. The largest absolute Gasteiger partial charge is 0.508 e. The number of aromatic hydroxyl groups is 1. The van der Waals surface area contributed by atoms with Gasteiger partial charge in [0.25, 0.3) is 0 Å². The normalized spacial score (nSPS) is 39.9. The van der Waals surface area contributed by atoms with Crippen LogP contribution in [0, 0.1) is 22.7 Å². The molecule has 5 atom stereocenters. The molecule has 24 heavy (non-hydrogen) atoms. The van der Waals surface area contributed by atoms with Gasteiger partial charge in [0.15, 0.2) is 0 Å². The van der Waals surface area contributed by atoms with Crippen LogP contribution in [0.3, 0.4) is 0 Å². The van der Waals surface area contributed by atoms with E-state index in [-0.39, 0.29) is 16.9 Å². The van der Waals surface area contributed by atoms with Gasteiger partial charge in [0.1, 0.15) is 5.75 Å². The Bertz CT molecular complexity index is 662. The highest BCUT2D eigenvalue weighted by molar-refractivity contribution is 5.45. The first-order valence-electron chi connectivity index (χ1n) is 9.80. The van der Waals surface area contributed by atoms with E-state index < -0.39 is 0 Å². The molecule has 2 fully saturated rings. The van der Waals surface area contributed by atoms with Crippen LogP contribution in [0.1, 0.15) is 76.0 Å². The fourth-order valence-corrected chi connectivity index (χ4v) is 6.58. The minimum absolute atomic E-state index is 0.0398. The van der Waals surface area contributed by atoms with Crippen LogP contribution in [-0.4, -0.2) is 16.3 Å². The van der Waals surface area contributed by atoms with Crippen LogP contribution in [0.5, 0.6) is 5.75 Å². The van der Waals surface area contributed by atoms with Crippen molar-refractivity contribution in [1.82, 2.24) is 0 Å². The van der Waals surface area contributed by atoms with E-state index in [0.29, 0.717) is 23.5 Å². The van der Waals surface area contributed by atoms with E-state index in [9.17, 15) is 10.2 Å². The lowest BCUT2D eigenvalue weighted by atomic mass is 9.55. The van der Waals surface area contributed by atoms with E-state index in [1.165, 1.54) is 24.0 Å². The molecular formula is C22H32O2. The maximum atomic E-state index is 11.0. The lowest BCUT2D eigenvalue weighted by Crippen LogP contribution is -2.45. The van der Waals surface area contributed by atoms with Gasteiger partial charge in [-0.2, -0.15) is 0 Å². The molecule has 2 nitrogen and oxygen atoms in total. The Morgan fingerprint density at radius 2 is 1.92 bits per heavy atom. The molecule has 2 N–H and O–H groups in total. The van der Waals surface area contributed by atoms with E-state index in [1.54, 1.807) is 0 Å². The third-order valence-corrected chi connectivity index (χ3v) is 7.85. The number of aliphatic hydroxyl groups is 1. The van der Waals surface area contributed by atoms with Crippen LogP contribution in [0.4, 0.5) is 0 Å². The van der Waals surface area contributed by atoms with Gasteiger partial charge in [-0.1, -0.05) is 33.8 Å². The average molecular weight is 328 g/mol. The lowest BCUT2D eigenvalue weighted by Gasteiger charge is -2.50. The fourth-order valence-electron chi connectivity index (χ4n) is 6.58. The fraction of sp³-hybridized carbons (Fsp3) is 0.727. The first-order chi connectivity index (χ1) is 11.3. The number of hydrogen-bond donors (Lipinski definition) is 2. The second kappa shape index (κ2) is 5.24. The third-order valence-electron chi connectivity index (χ3n) is 7.85. The van der Waals surface area contributed by atoms with Gasteiger partial charge in [-0.05, 0) is 89.9 Å². The second-order valence-corrected chi connectivity index (χ2v) is 9.59. The van der Waals surface area contributed by atoms with E-state index in [4.69, 9.17) is 0 Å². The molecule has 0 unspecified atom stereocenters. The smallest absolute Gasteiger partial charge is 0.119 e. The minimum atomic E-state index is -0.177. The summed E-state index contributed by atoms with van der Waals surface area (Å²) in [5.74, 6) is 2.43. The molecule has 132 valence electrons. The zero-order chi connectivity index (χ0) is 17.3. The van der Waals surface area contributed by atoms with Crippen LogP contribution in [0.25, 0.3) is 0 Å². The summed E-state index contributed by atoms with van der Waals surface area (Å²) in [6.45, 7) is 8.97. The van der Waals surface area contributed by atoms with Crippen molar-refractivity contribution in [3.63, 3.8) is 0 Å². The van der Waals surface area contributed by atoms with Crippen molar-refractivity contribution < 1.29 is 10.2 Å². The standard InChI is InChI=1S/C22H32O2/c1-5-13-10-17-14(11-19(13)23)6-7-16-15(17)8-9-22(4)18(16)12-21(2,3)20(22)24/h10-11,15-16,18,20,23-24H,5-9,12H2,1-4H3/t15-,16+,18-,20+,22-/m0/s1. The van der Waals surface area contributed by atoms with Crippen molar-refractivity contribution >= 4 is 0 Å². The van der Waals surface area contributed by atoms with Crippen LogP contribution >= 0.6 is 0 Å². The van der Waals surface area contributed by atoms with Crippen molar-refractivity contribution in [3.8, 4) is 5.75 Å². The molecule has 0 amide bonds. The molecule has 1 aromatic rings. The predicted octanol–water partition coefficient (Wildman–Crippen LogP) is 4.81. The highest BCUT2D eigenvalue weighted by atomic mass is 16.3. The quantitative estimate of drug-likeness (QED) is 0.777. The summed E-state index contributed by atoms with van der Waals surface area (Å²) >= 11 is 0. The van der Waals surface area contributed by atoms with Crippen LogP contribution < -0.4 is 0 Å². The summed E-state index contributed by atoms with van der Waals surface area (Å²) in [4.78, 5) is 0. The van der Waals surface area contributed by atoms with Gasteiger partial charge in [-0.3, -0.25) is 0 Å². The molecule has 3 aliphatic rings. The van der Waals surface area contributed by atoms with Crippen molar-refractivity contribution in [1.29, 1.82) is 0 Å². The molecule has 4 rings (SSSR count).